The van der Waals surface area contributed by atoms with Gasteiger partial charge < -0.3 is 5.32 Å². The maximum Gasteiger partial charge on any atom is 0.253 e. The molecule has 2 rings (SSSR count). The van der Waals surface area contributed by atoms with Crippen molar-refractivity contribution in [3.05, 3.63) is 34.3 Å². The summed E-state index contributed by atoms with van der Waals surface area (Å²) in [7, 11) is 0. The zero-order valence-electron chi connectivity index (χ0n) is 9.93. The monoisotopic (exact) mass is 285 g/mol. The van der Waals surface area contributed by atoms with Crippen molar-refractivity contribution in [2.24, 2.45) is 5.41 Å². The first-order valence-electron chi connectivity index (χ1n) is 5.69. The normalized spacial score (nSPS) is 16.2. The molecule has 0 heterocycles. The Morgan fingerprint density at radius 3 is 2.61 bits per heavy atom. The largest absolute Gasteiger partial charge is 0.352 e. The maximum atomic E-state index is 11.8. The third kappa shape index (κ3) is 2.85. The summed E-state index contributed by atoms with van der Waals surface area (Å²) < 4.78 is 0. The molecule has 0 spiro atoms. The highest BCUT2D eigenvalue weighted by Crippen LogP contribution is 2.45. The Labute approximate surface area is 115 Å². The van der Waals surface area contributed by atoms with Crippen molar-refractivity contribution >= 4 is 34.4 Å². The van der Waals surface area contributed by atoms with E-state index in [0.29, 0.717) is 11.6 Å². The molecule has 1 aliphatic carbocycles. The van der Waals surface area contributed by atoms with E-state index < -0.39 is 5.24 Å². The van der Waals surface area contributed by atoms with Crippen LogP contribution in [0.25, 0.3) is 0 Å². The molecule has 0 aromatic heterocycles. The first-order valence-corrected chi connectivity index (χ1v) is 6.44. The number of carbonyl (C=O) groups is 2. The molecule has 1 aromatic rings. The maximum absolute atomic E-state index is 11.8. The summed E-state index contributed by atoms with van der Waals surface area (Å²) in [6.07, 6.45) is 1.87. The molecule has 1 aromatic carbocycles. The fraction of sp³-hybridized carbons (Fsp3) is 0.385. The van der Waals surface area contributed by atoms with Crippen molar-refractivity contribution in [1.29, 1.82) is 0 Å². The van der Waals surface area contributed by atoms with E-state index in [1.54, 1.807) is 18.2 Å². The van der Waals surface area contributed by atoms with E-state index in [2.05, 4.69) is 5.32 Å². The molecule has 0 unspecified atom stereocenters. The third-order valence-electron chi connectivity index (χ3n) is 3.24. The van der Waals surface area contributed by atoms with Crippen LogP contribution in [0.2, 0.25) is 5.02 Å². The molecule has 0 aliphatic heterocycles. The number of hydrogen-bond donors (Lipinski definition) is 1. The number of halogens is 2. The Hall–Kier alpha value is -1.06. The van der Waals surface area contributed by atoms with Gasteiger partial charge in [0.05, 0.1) is 10.6 Å². The SMILES string of the molecule is CC1(C(=O)NCc2ccc(Cl)c(C(=O)Cl)c2)CC1. The van der Waals surface area contributed by atoms with Gasteiger partial charge in [-0.25, -0.2) is 0 Å². The van der Waals surface area contributed by atoms with Gasteiger partial charge in [-0.2, -0.15) is 0 Å². The molecule has 1 fully saturated rings. The van der Waals surface area contributed by atoms with Crippen LogP contribution in [0.1, 0.15) is 35.7 Å². The number of carbonyl (C=O) groups excluding carboxylic acids is 2. The lowest BCUT2D eigenvalue weighted by Crippen LogP contribution is -2.29. The van der Waals surface area contributed by atoms with E-state index in [9.17, 15) is 9.59 Å². The predicted octanol–water partition coefficient (Wildman–Crippen LogP) is 3.14. The van der Waals surface area contributed by atoms with Crippen LogP contribution in [-0.2, 0) is 11.3 Å². The summed E-state index contributed by atoms with van der Waals surface area (Å²) in [5, 5.41) is 2.57. The molecular formula is C13H13Cl2NO2. The Morgan fingerprint density at radius 1 is 1.39 bits per heavy atom. The van der Waals surface area contributed by atoms with Gasteiger partial charge >= 0.3 is 0 Å². The average molecular weight is 286 g/mol. The van der Waals surface area contributed by atoms with E-state index in [4.69, 9.17) is 23.2 Å². The lowest BCUT2D eigenvalue weighted by atomic mass is 10.1. The van der Waals surface area contributed by atoms with Crippen molar-refractivity contribution in [3.8, 4) is 0 Å². The molecule has 18 heavy (non-hydrogen) atoms. The van der Waals surface area contributed by atoms with Crippen LogP contribution in [-0.4, -0.2) is 11.1 Å². The Kier molecular flexibility index (Phi) is 3.64. The Bertz CT molecular complexity index is 510. The number of nitrogens with one attached hydrogen (secondary N) is 1. The first kappa shape index (κ1) is 13.4. The van der Waals surface area contributed by atoms with Crippen LogP contribution < -0.4 is 5.32 Å². The lowest BCUT2D eigenvalue weighted by Gasteiger charge is -2.10. The van der Waals surface area contributed by atoms with Gasteiger partial charge in [0.15, 0.2) is 0 Å². The first-order chi connectivity index (χ1) is 8.42. The van der Waals surface area contributed by atoms with E-state index in [1.807, 2.05) is 6.92 Å². The van der Waals surface area contributed by atoms with Gasteiger partial charge in [-0.05, 0) is 42.1 Å². The molecular weight excluding hydrogens is 273 g/mol. The number of amides is 1. The van der Waals surface area contributed by atoms with Gasteiger partial charge in [0.2, 0.25) is 5.91 Å². The van der Waals surface area contributed by atoms with Crippen molar-refractivity contribution in [1.82, 2.24) is 5.32 Å². The number of benzene rings is 1. The molecule has 1 aliphatic rings. The van der Waals surface area contributed by atoms with Crippen LogP contribution in [0, 0.1) is 5.41 Å². The van der Waals surface area contributed by atoms with Gasteiger partial charge in [0, 0.05) is 12.0 Å². The molecule has 3 nitrogen and oxygen atoms in total. The van der Waals surface area contributed by atoms with Crippen molar-refractivity contribution in [2.45, 2.75) is 26.3 Å². The molecule has 0 atom stereocenters. The highest BCUT2D eigenvalue weighted by molar-refractivity contribution is 6.68. The van der Waals surface area contributed by atoms with Crippen molar-refractivity contribution in [2.75, 3.05) is 0 Å². The average Bonchev–Trinajstić information content (AvgIpc) is 3.07. The minimum absolute atomic E-state index is 0.0520. The second-order valence-electron chi connectivity index (χ2n) is 4.83. The van der Waals surface area contributed by atoms with Crippen LogP contribution in [0.5, 0.6) is 0 Å². The van der Waals surface area contributed by atoms with Gasteiger partial charge in [0.1, 0.15) is 0 Å². The Morgan fingerprint density at radius 2 is 2.06 bits per heavy atom. The minimum Gasteiger partial charge on any atom is -0.352 e. The molecule has 1 amide bonds. The summed E-state index contributed by atoms with van der Waals surface area (Å²) in [5.41, 5.74) is 0.876. The van der Waals surface area contributed by atoms with Gasteiger partial charge in [0.25, 0.3) is 5.24 Å². The zero-order chi connectivity index (χ0) is 13.3. The molecule has 0 bridgehead atoms. The highest BCUT2D eigenvalue weighted by atomic mass is 35.5. The fourth-order valence-corrected chi connectivity index (χ4v) is 2.05. The molecule has 0 saturated heterocycles. The number of hydrogen-bond acceptors (Lipinski definition) is 2. The lowest BCUT2D eigenvalue weighted by molar-refractivity contribution is -0.125. The predicted molar refractivity (Wildman–Crippen MR) is 70.8 cm³/mol. The van der Waals surface area contributed by atoms with Gasteiger partial charge in [-0.3, -0.25) is 9.59 Å². The van der Waals surface area contributed by atoms with E-state index in [-0.39, 0.29) is 16.9 Å². The van der Waals surface area contributed by atoms with Gasteiger partial charge in [-0.1, -0.05) is 24.6 Å². The molecule has 0 radical (unpaired) electrons. The zero-order valence-corrected chi connectivity index (χ0v) is 11.4. The molecule has 1 N–H and O–H groups in total. The fourth-order valence-electron chi connectivity index (χ4n) is 1.64. The smallest absolute Gasteiger partial charge is 0.253 e. The van der Waals surface area contributed by atoms with Crippen LogP contribution >= 0.6 is 23.2 Å². The van der Waals surface area contributed by atoms with Crippen molar-refractivity contribution < 1.29 is 9.59 Å². The minimum atomic E-state index is -0.595. The molecule has 5 heteroatoms. The van der Waals surface area contributed by atoms with E-state index in [0.717, 1.165) is 18.4 Å². The van der Waals surface area contributed by atoms with Crippen LogP contribution in [0.3, 0.4) is 0 Å². The quantitative estimate of drug-likeness (QED) is 0.864. The highest BCUT2D eigenvalue weighted by Gasteiger charge is 2.44. The topological polar surface area (TPSA) is 46.2 Å². The molecule has 1 saturated carbocycles. The van der Waals surface area contributed by atoms with Crippen molar-refractivity contribution in [3.63, 3.8) is 0 Å². The van der Waals surface area contributed by atoms with E-state index >= 15 is 0 Å². The standard InChI is InChI=1S/C13H13Cl2NO2/c1-13(4-5-13)12(18)16-7-8-2-3-10(14)9(6-8)11(15)17/h2-3,6H,4-5,7H2,1H3,(H,16,18). The van der Waals surface area contributed by atoms with Crippen LogP contribution in [0.15, 0.2) is 18.2 Å². The second kappa shape index (κ2) is 4.90. The summed E-state index contributed by atoms with van der Waals surface area (Å²) in [5.74, 6) is 0.0520. The summed E-state index contributed by atoms with van der Waals surface area (Å²) >= 11 is 11.3. The Balaban J connectivity index is 2.03. The molecule has 96 valence electrons. The summed E-state index contributed by atoms with van der Waals surface area (Å²) in [6, 6.07) is 4.98. The second-order valence-corrected chi connectivity index (χ2v) is 5.58. The van der Waals surface area contributed by atoms with Gasteiger partial charge in [-0.15, -0.1) is 0 Å². The summed E-state index contributed by atoms with van der Waals surface area (Å²) in [4.78, 5) is 22.9. The number of rotatable bonds is 4. The van der Waals surface area contributed by atoms with E-state index in [1.165, 1.54) is 0 Å². The third-order valence-corrected chi connectivity index (χ3v) is 3.78. The van der Waals surface area contributed by atoms with Crippen LogP contribution in [0.4, 0.5) is 0 Å². The summed E-state index contributed by atoms with van der Waals surface area (Å²) in [6.45, 7) is 2.32.